The zero-order valence-corrected chi connectivity index (χ0v) is 8.68. The summed E-state index contributed by atoms with van der Waals surface area (Å²) < 4.78 is 0. The van der Waals surface area contributed by atoms with Gasteiger partial charge in [0.15, 0.2) is 0 Å². The van der Waals surface area contributed by atoms with Gasteiger partial charge in [-0.2, -0.15) is 0 Å². The summed E-state index contributed by atoms with van der Waals surface area (Å²) in [6.45, 7) is 0. The van der Waals surface area contributed by atoms with Crippen molar-refractivity contribution < 1.29 is 15.0 Å². The summed E-state index contributed by atoms with van der Waals surface area (Å²) in [6.07, 6.45) is 0.253. The maximum Gasteiger partial charge on any atom is 0.318 e. The van der Waals surface area contributed by atoms with Gasteiger partial charge in [0, 0.05) is 18.0 Å². The van der Waals surface area contributed by atoms with Crippen LogP contribution in [0.15, 0.2) is 12.1 Å². The van der Waals surface area contributed by atoms with Gasteiger partial charge < -0.3 is 5.11 Å². The normalized spacial score (nSPS) is 10.1. The number of rotatable bonds is 4. The highest BCUT2D eigenvalue weighted by Gasteiger charge is 2.25. The lowest BCUT2D eigenvalue weighted by molar-refractivity contribution is -0.396. The van der Waals surface area contributed by atoms with Gasteiger partial charge in [-0.15, -0.1) is 11.6 Å². The molecule has 0 aromatic heterocycles. The van der Waals surface area contributed by atoms with Crippen LogP contribution in [0.25, 0.3) is 0 Å². The van der Waals surface area contributed by atoms with Crippen molar-refractivity contribution in [3.05, 3.63) is 37.9 Å². The van der Waals surface area contributed by atoms with E-state index in [1.165, 1.54) is 0 Å². The fourth-order valence-electron chi connectivity index (χ4n) is 1.19. The van der Waals surface area contributed by atoms with Crippen LogP contribution in [0.1, 0.15) is 5.56 Å². The summed E-state index contributed by atoms with van der Waals surface area (Å²) in [7, 11) is 0. The summed E-state index contributed by atoms with van der Waals surface area (Å²) in [5.41, 5.74) is -1.03. The van der Waals surface area contributed by atoms with Crippen LogP contribution < -0.4 is 0 Å². The molecule has 0 aliphatic heterocycles. The standard InChI is InChI=1S/C8H7ClN2O5/c9-2-1-5-3-6(10(13)14)8(12)7(4-5)11(15)16/h3-4,12H,1-2H2. The third-order valence-corrected chi connectivity index (χ3v) is 2.10. The molecular formula is C8H7ClN2O5. The first-order valence-electron chi connectivity index (χ1n) is 4.18. The monoisotopic (exact) mass is 246 g/mol. The predicted molar refractivity (Wildman–Crippen MR) is 55.8 cm³/mol. The number of alkyl halides is 1. The molecule has 0 amide bonds. The number of aromatic hydroxyl groups is 1. The molecule has 16 heavy (non-hydrogen) atoms. The molecule has 8 heteroatoms. The summed E-state index contributed by atoms with van der Waals surface area (Å²) in [6, 6.07) is 2.15. The molecule has 0 saturated carbocycles. The molecule has 86 valence electrons. The SMILES string of the molecule is O=[N+]([O-])c1cc(CCCl)cc([N+](=O)[O-])c1O. The summed E-state index contributed by atoms with van der Waals surface area (Å²) in [4.78, 5) is 19.3. The average Bonchev–Trinajstić information content (AvgIpc) is 2.19. The number of aryl methyl sites for hydroxylation is 1. The molecule has 0 aliphatic carbocycles. The van der Waals surface area contributed by atoms with Crippen molar-refractivity contribution in [1.82, 2.24) is 0 Å². The zero-order valence-electron chi connectivity index (χ0n) is 7.92. The molecule has 0 heterocycles. The first-order valence-corrected chi connectivity index (χ1v) is 4.71. The minimum Gasteiger partial charge on any atom is -0.497 e. The van der Waals surface area contributed by atoms with Gasteiger partial charge >= 0.3 is 11.4 Å². The third-order valence-electron chi connectivity index (χ3n) is 1.91. The molecule has 0 fully saturated rings. The maximum atomic E-state index is 10.5. The minimum atomic E-state index is -0.937. The van der Waals surface area contributed by atoms with E-state index in [4.69, 9.17) is 11.6 Å². The summed E-state index contributed by atoms with van der Waals surface area (Å²) >= 11 is 5.44. The number of phenolic OH excluding ortho intramolecular Hbond substituents is 1. The van der Waals surface area contributed by atoms with E-state index >= 15 is 0 Å². The molecule has 0 aliphatic rings. The summed E-state index contributed by atoms with van der Waals surface area (Å²) in [5, 5.41) is 30.4. The van der Waals surface area contributed by atoms with Crippen molar-refractivity contribution in [2.45, 2.75) is 6.42 Å². The van der Waals surface area contributed by atoms with Crippen molar-refractivity contribution >= 4 is 23.0 Å². The Morgan fingerprint density at radius 2 is 1.62 bits per heavy atom. The molecular weight excluding hydrogens is 240 g/mol. The van der Waals surface area contributed by atoms with Crippen LogP contribution in [0.3, 0.4) is 0 Å². The van der Waals surface area contributed by atoms with Gasteiger partial charge in [0.05, 0.1) is 9.85 Å². The van der Waals surface area contributed by atoms with E-state index in [-0.39, 0.29) is 12.3 Å². The second-order valence-electron chi connectivity index (χ2n) is 2.94. The highest BCUT2D eigenvalue weighted by atomic mass is 35.5. The molecule has 0 radical (unpaired) electrons. The fourth-order valence-corrected chi connectivity index (χ4v) is 1.41. The Morgan fingerprint density at radius 1 is 1.19 bits per heavy atom. The van der Waals surface area contributed by atoms with E-state index < -0.39 is 27.0 Å². The lowest BCUT2D eigenvalue weighted by atomic mass is 10.1. The molecule has 7 nitrogen and oxygen atoms in total. The van der Waals surface area contributed by atoms with Crippen molar-refractivity contribution in [2.24, 2.45) is 0 Å². The van der Waals surface area contributed by atoms with Gasteiger partial charge in [-0.25, -0.2) is 0 Å². The number of halogens is 1. The minimum absolute atomic E-state index is 0.180. The van der Waals surface area contributed by atoms with Crippen molar-refractivity contribution in [1.29, 1.82) is 0 Å². The molecule has 1 rings (SSSR count). The second-order valence-corrected chi connectivity index (χ2v) is 3.31. The van der Waals surface area contributed by atoms with Gasteiger partial charge in [-0.1, -0.05) is 0 Å². The Balaban J connectivity index is 3.38. The van der Waals surface area contributed by atoms with E-state index in [2.05, 4.69) is 0 Å². The first kappa shape index (κ1) is 12.2. The van der Waals surface area contributed by atoms with Crippen LogP contribution in [0, 0.1) is 20.2 Å². The molecule has 0 saturated heterocycles. The smallest absolute Gasteiger partial charge is 0.318 e. The lowest BCUT2D eigenvalue weighted by Crippen LogP contribution is -1.97. The van der Waals surface area contributed by atoms with Crippen LogP contribution in [0.4, 0.5) is 11.4 Å². The quantitative estimate of drug-likeness (QED) is 0.497. The Bertz CT molecular complexity index is 413. The van der Waals surface area contributed by atoms with Gasteiger partial charge in [0.25, 0.3) is 5.75 Å². The molecule has 1 N–H and O–H groups in total. The third kappa shape index (κ3) is 2.37. The fraction of sp³-hybridized carbons (Fsp3) is 0.250. The topological polar surface area (TPSA) is 107 Å². The number of hydrogen-bond acceptors (Lipinski definition) is 5. The number of phenols is 1. The Morgan fingerprint density at radius 3 is 1.94 bits per heavy atom. The van der Waals surface area contributed by atoms with Crippen LogP contribution in [-0.4, -0.2) is 20.8 Å². The Hall–Kier alpha value is -1.89. The predicted octanol–water partition coefficient (Wildman–Crippen LogP) is 1.99. The van der Waals surface area contributed by atoms with E-state index in [1.54, 1.807) is 0 Å². The van der Waals surface area contributed by atoms with Gasteiger partial charge in [0.2, 0.25) is 0 Å². The van der Waals surface area contributed by atoms with Crippen molar-refractivity contribution in [2.75, 3.05) is 5.88 Å². The zero-order chi connectivity index (χ0) is 12.3. The van der Waals surface area contributed by atoms with Crippen LogP contribution in [0.5, 0.6) is 5.75 Å². The van der Waals surface area contributed by atoms with Gasteiger partial charge in [-0.05, 0) is 12.0 Å². The molecule has 0 spiro atoms. The number of nitro benzene ring substituents is 2. The molecule has 0 bridgehead atoms. The molecule has 1 aromatic rings. The van der Waals surface area contributed by atoms with E-state index in [0.717, 1.165) is 12.1 Å². The average molecular weight is 247 g/mol. The number of nitro groups is 2. The van der Waals surface area contributed by atoms with Crippen LogP contribution in [0.2, 0.25) is 0 Å². The second kappa shape index (κ2) is 4.75. The van der Waals surface area contributed by atoms with Gasteiger partial charge in [0.1, 0.15) is 0 Å². The van der Waals surface area contributed by atoms with E-state index in [1.807, 2.05) is 0 Å². The molecule has 0 unspecified atom stereocenters. The van der Waals surface area contributed by atoms with E-state index in [9.17, 15) is 25.3 Å². The Kier molecular flexibility index (Phi) is 3.62. The number of benzene rings is 1. The number of nitrogens with zero attached hydrogens (tertiary/aromatic N) is 2. The van der Waals surface area contributed by atoms with Crippen molar-refractivity contribution in [3.63, 3.8) is 0 Å². The molecule has 1 aromatic carbocycles. The highest BCUT2D eigenvalue weighted by molar-refractivity contribution is 6.18. The number of hydrogen-bond donors (Lipinski definition) is 1. The largest absolute Gasteiger partial charge is 0.497 e. The lowest BCUT2D eigenvalue weighted by Gasteiger charge is -2.01. The van der Waals surface area contributed by atoms with Crippen LogP contribution >= 0.6 is 11.6 Å². The first-order chi connectivity index (χ1) is 7.47. The Labute approximate surface area is 94.6 Å². The highest BCUT2D eigenvalue weighted by Crippen LogP contribution is 2.36. The maximum absolute atomic E-state index is 10.5. The van der Waals surface area contributed by atoms with E-state index in [0.29, 0.717) is 5.56 Å². The van der Waals surface area contributed by atoms with Gasteiger partial charge in [-0.3, -0.25) is 20.2 Å². The van der Waals surface area contributed by atoms with Crippen molar-refractivity contribution in [3.8, 4) is 5.75 Å². The van der Waals surface area contributed by atoms with Crippen LogP contribution in [-0.2, 0) is 6.42 Å². The molecule has 0 atom stereocenters. The summed E-state index contributed by atoms with van der Waals surface area (Å²) in [5.74, 6) is -0.757.